The average Bonchev–Trinajstić information content (AvgIpc) is 2.96. The van der Waals surface area contributed by atoms with E-state index in [2.05, 4.69) is 67.6 Å². The molecule has 0 aromatic heterocycles. The lowest BCUT2D eigenvalue weighted by atomic mass is 9.67. The molecule has 0 amide bonds. The van der Waals surface area contributed by atoms with E-state index in [4.69, 9.17) is 4.74 Å². The molecule has 4 heteroatoms. The van der Waals surface area contributed by atoms with E-state index in [-0.39, 0.29) is 40.1 Å². The van der Waals surface area contributed by atoms with E-state index in [0.29, 0.717) is 18.9 Å². The standard InChI is InChI=1S/C34H65NO3/c1-10-33(8,11-2)31(37)30(35-34(9,12-3)13-4)27(5)32(6,7)26-29(36)38-25-24-28-22-20-18-16-14-15-17-19-21-23-28/h27-28,30,35H,10-26H2,1-9H3. The second-order valence-corrected chi connectivity index (χ2v) is 13.8. The summed E-state index contributed by atoms with van der Waals surface area (Å²) in [5.74, 6) is 0.851. The number of ether oxygens (including phenoxy) is 1. The Kier molecular flexibility index (Phi) is 15.7. The van der Waals surface area contributed by atoms with E-state index in [1.165, 1.54) is 64.2 Å². The lowest BCUT2D eigenvalue weighted by Gasteiger charge is -2.44. The fraction of sp³-hybridized carbons (Fsp3) is 0.941. The zero-order chi connectivity index (χ0) is 28.8. The number of hydrogen-bond donors (Lipinski definition) is 1. The number of esters is 1. The van der Waals surface area contributed by atoms with E-state index in [1.807, 2.05) is 0 Å². The highest BCUT2D eigenvalue weighted by atomic mass is 16.5. The Bertz CT molecular complexity index is 665. The molecule has 1 N–H and O–H groups in total. The van der Waals surface area contributed by atoms with Crippen molar-refractivity contribution >= 4 is 11.8 Å². The van der Waals surface area contributed by atoms with Crippen LogP contribution in [0.4, 0.5) is 0 Å². The Hall–Kier alpha value is -0.900. The Balaban J connectivity index is 2.84. The maximum absolute atomic E-state index is 14.0. The van der Waals surface area contributed by atoms with Crippen molar-refractivity contribution in [3.05, 3.63) is 0 Å². The third kappa shape index (κ3) is 11.3. The van der Waals surface area contributed by atoms with Gasteiger partial charge in [0.25, 0.3) is 0 Å². The van der Waals surface area contributed by atoms with Gasteiger partial charge in [0, 0.05) is 11.0 Å². The van der Waals surface area contributed by atoms with Crippen LogP contribution in [0.5, 0.6) is 0 Å². The predicted molar refractivity (Wildman–Crippen MR) is 162 cm³/mol. The average molecular weight is 536 g/mol. The van der Waals surface area contributed by atoms with Crippen LogP contribution in [0, 0.1) is 22.7 Å². The molecule has 0 aromatic rings. The first-order valence-corrected chi connectivity index (χ1v) is 16.4. The highest BCUT2D eigenvalue weighted by Crippen LogP contribution is 2.39. The van der Waals surface area contributed by atoms with Gasteiger partial charge in [0.05, 0.1) is 19.1 Å². The molecule has 0 spiro atoms. The normalized spacial score (nSPS) is 18.9. The molecule has 2 unspecified atom stereocenters. The molecule has 1 saturated carbocycles. The fourth-order valence-corrected chi connectivity index (χ4v) is 5.96. The summed E-state index contributed by atoms with van der Waals surface area (Å²) in [6.07, 6.45) is 18.3. The number of rotatable bonds is 15. The summed E-state index contributed by atoms with van der Waals surface area (Å²) in [7, 11) is 0. The predicted octanol–water partition coefficient (Wildman–Crippen LogP) is 9.44. The van der Waals surface area contributed by atoms with Gasteiger partial charge in [-0.25, -0.2) is 0 Å². The molecule has 38 heavy (non-hydrogen) atoms. The summed E-state index contributed by atoms with van der Waals surface area (Å²) in [4.78, 5) is 27.0. The first kappa shape index (κ1) is 35.1. The van der Waals surface area contributed by atoms with Crippen molar-refractivity contribution in [3.8, 4) is 0 Å². The van der Waals surface area contributed by atoms with Crippen LogP contribution in [0.15, 0.2) is 0 Å². The van der Waals surface area contributed by atoms with Gasteiger partial charge in [0.1, 0.15) is 0 Å². The van der Waals surface area contributed by atoms with E-state index >= 15 is 0 Å². The fourth-order valence-electron chi connectivity index (χ4n) is 5.96. The molecule has 1 rings (SSSR count). The van der Waals surface area contributed by atoms with Crippen molar-refractivity contribution in [3.63, 3.8) is 0 Å². The minimum atomic E-state index is -0.362. The molecule has 1 aliphatic carbocycles. The van der Waals surface area contributed by atoms with Crippen LogP contribution < -0.4 is 5.32 Å². The van der Waals surface area contributed by atoms with Crippen molar-refractivity contribution in [2.24, 2.45) is 22.7 Å². The van der Waals surface area contributed by atoms with Gasteiger partial charge in [-0.15, -0.1) is 0 Å². The van der Waals surface area contributed by atoms with Crippen molar-refractivity contribution < 1.29 is 14.3 Å². The third-order valence-electron chi connectivity index (χ3n) is 10.6. The van der Waals surface area contributed by atoms with Gasteiger partial charge in [-0.05, 0) is 56.3 Å². The lowest BCUT2D eigenvalue weighted by molar-refractivity contribution is -0.148. The first-order valence-electron chi connectivity index (χ1n) is 16.4. The summed E-state index contributed by atoms with van der Waals surface area (Å²) < 4.78 is 5.83. The largest absolute Gasteiger partial charge is 0.466 e. The molecule has 0 radical (unpaired) electrons. The zero-order valence-corrected chi connectivity index (χ0v) is 27.0. The Morgan fingerprint density at radius 2 is 1.26 bits per heavy atom. The monoisotopic (exact) mass is 535 g/mol. The third-order valence-corrected chi connectivity index (χ3v) is 10.6. The molecular weight excluding hydrogens is 470 g/mol. The summed E-state index contributed by atoms with van der Waals surface area (Å²) in [5.41, 5.74) is -0.828. The van der Waals surface area contributed by atoms with Crippen LogP contribution >= 0.6 is 0 Å². The Morgan fingerprint density at radius 3 is 1.71 bits per heavy atom. The highest BCUT2D eigenvalue weighted by molar-refractivity contribution is 5.90. The van der Waals surface area contributed by atoms with E-state index in [9.17, 15) is 9.59 Å². The van der Waals surface area contributed by atoms with Crippen molar-refractivity contribution in [1.82, 2.24) is 5.32 Å². The van der Waals surface area contributed by atoms with Crippen LogP contribution in [-0.2, 0) is 14.3 Å². The van der Waals surface area contributed by atoms with Crippen molar-refractivity contribution in [2.45, 2.75) is 177 Å². The van der Waals surface area contributed by atoms with Gasteiger partial charge in [0.15, 0.2) is 5.78 Å². The van der Waals surface area contributed by atoms with Gasteiger partial charge >= 0.3 is 5.97 Å². The quantitative estimate of drug-likeness (QED) is 0.212. The maximum atomic E-state index is 14.0. The highest BCUT2D eigenvalue weighted by Gasteiger charge is 2.45. The number of Topliss-reactive ketones (excluding diaryl/α,β-unsaturated/α-hetero) is 1. The van der Waals surface area contributed by atoms with Gasteiger partial charge < -0.3 is 10.1 Å². The number of ketones is 1. The smallest absolute Gasteiger partial charge is 0.306 e. The van der Waals surface area contributed by atoms with Crippen LogP contribution in [0.1, 0.15) is 165 Å². The molecular formula is C34H65NO3. The van der Waals surface area contributed by atoms with Crippen LogP contribution in [-0.4, -0.2) is 29.9 Å². The molecule has 1 fully saturated rings. The van der Waals surface area contributed by atoms with Gasteiger partial charge in [-0.2, -0.15) is 0 Å². The molecule has 0 bridgehead atoms. The van der Waals surface area contributed by atoms with Crippen LogP contribution in [0.2, 0.25) is 0 Å². The van der Waals surface area contributed by atoms with Crippen molar-refractivity contribution in [1.29, 1.82) is 0 Å². The van der Waals surface area contributed by atoms with Gasteiger partial charge in [0.2, 0.25) is 0 Å². The minimum absolute atomic E-state index is 0.000346. The number of nitrogens with one attached hydrogen (secondary N) is 1. The van der Waals surface area contributed by atoms with E-state index in [0.717, 1.165) is 32.1 Å². The molecule has 2 atom stereocenters. The molecule has 1 aliphatic rings. The van der Waals surface area contributed by atoms with Crippen molar-refractivity contribution in [2.75, 3.05) is 6.61 Å². The summed E-state index contributed by atoms with van der Waals surface area (Å²) in [5, 5.41) is 3.79. The molecule has 0 saturated heterocycles. The Labute approximate surface area is 237 Å². The van der Waals surface area contributed by atoms with Crippen LogP contribution in [0.3, 0.4) is 0 Å². The molecule has 0 heterocycles. The molecule has 4 nitrogen and oxygen atoms in total. The summed E-state index contributed by atoms with van der Waals surface area (Å²) in [6.45, 7) is 19.9. The second kappa shape index (κ2) is 17.0. The number of carbonyl (C=O) groups excluding carboxylic acids is 2. The van der Waals surface area contributed by atoms with Gasteiger partial charge in [-0.1, -0.05) is 120 Å². The minimum Gasteiger partial charge on any atom is -0.466 e. The van der Waals surface area contributed by atoms with Crippen LogP contribution in [0.25, 0.3) is 0 Å². The van der Waals surface area contributed by atoms with E-state index in [1.54, 1.807) is 0 Å². The maximum Gasteiger partial charge on any atom is 0.306 e. The SMILES string of the molecule is CCC(C)(CC)NC(C(=O)C(C)(CC)CC)C(C)C(C)(C)CC(=O)OCCC1CCCCCCCCCC1. The van der Waals surface area contributed by atoms with Gasteiger partial charge in [-0.3, -0.25) is 9.59 Å². The molecule has 224 valence electrons. The Morgan fingerprint density at radius 1 is 0.789 bits per heavy atom. The number of carbonyl (C=O) groups is 2. The zero-order valence-electron chi connectivity index (χ0n) is 27.0. The summed E-state index contributed by atoms with van der Waals surface area (Å²) in [6, 6.07) is -0.292. The molecule has 0 aliphatic heterocycles. The second-order valence-electron chi connectivity index (χ2n) is 13.8. The van der Waals surface area contributed by atoms with E-state index < -0.39 is 0 Å². The molecule has 0 aromatic carbocycles. The summed E-state index contributed by atoms with van der Waals surface area (Å²) >= 11 is 0. The first-order chi connectivity index (χ1) is 17.9. The number of hydrogen-bond acceptors (Lipinski definition) is 4. The topological polar surface area (TPSA) is 55.4 Å². The lowest BCUT2D eigenvalue weighted by Crippen LogP contribution is -2.58.